The monoisotopic (exact) mass is 447 g/mol. The van der Waals surface area contributed by atoms with Crippen LogP contribution in [0.2, 0.25) is 0 Å². The van der Waals surface area contributed by atoms with Crippen LogP contribution in [0.15, 0.2) is 79.0 Å². The number of H-pyrrole nitrogens is 2. The number of aromatic nitrogens is 6. The average Bonchev–Trinajstić information content (AvgIpc) is 3.56. The highest BCUT2D eigenvalue weighted by atomic mass is 16.1. The van der Waals surface area contributed by atoms with Gasteiger partial charge in [-0.05, 0) is 59.8 Å². The molecule has 10 heteroatoms. The Labute approximate surface area is 193 Å². The highest BCUT2D eigenvalue weighted by Crippen LogP contribution is 2.24. The molecule has 164 valence electrons. The molecule has 0 aliphatic rings. The number of fused-ring (bicyclic) bond motifs is 1. The van der Waals surface area contributed by atoms with E-state index in [1.807, 2.05) is 66.7 Å². The summed E-state index contributed by atoms with van der Waals surface area (Å²) < 4.78 is 0. The fourth-order valence-corrected chi connectivity index (χ4v) is 3.32. The van der Waals surface area contributed by atoms with Gasteiger partial charge in [0, 0.05) is 28.7 Å². The van der Waals surface area contributed by atoms with E-state index in [0.29, 0.717) is 17.1 Å². The van der Waals surface area contributed by atoms with Crippen molar-refractivity contribution in [1.82, 2.24) is 30.6 Å². The second kappa shape index (κ2) is 9.05. The second-order valence-corrected chi connectivity index (χ2v) is 7.26. The minimum atomic E-state index is -0.162. The van der Waals surface area contributed by atoms with E-state index < -0.39 is 0 Å². The quantitative estimate of drug-likeness (QED) is 0.288. The molecule has 0 radical (unpaired) electrons. The number of carbonyl (C=O) groups is 1. The summed E-state index contributed by atoms with van der Waals surface area (Å²) in [5, 5.41) is 28.6. The van der Waals surface area contributed by atoms with Crippen molar-refractivity contribution in [1.29, 1.82) is 5.26 Å². The molecule has 10 nitrogen and oxygen atoms in total. The minimum absolute atomic E-state index is 0.162. The molecule has 2 heterocycles. The van der Waals surface area contributed by atoms with Crippen molar-refractivity contribution in [3.8, 4) is 17.5 Å². The normalized spacial score (nSPS) is 11.2. The third kappa shape index (κ3) is 4.35. The highest BCUT2D eigenvalue weighted by Gasteiger charge is 2.09. The smallest absolute Gasteiger partial charge is 0.255 e. The summed E-state index contributed by atoms with van der Waals surface area (Å²) in [7, 11) is 0. The highest BCUT2D eigenvalue weighted by molar-refractivity contribution is 6.04. The molecule has 4 N–H and O–H groups in total. The van der Waals surface area contributed by atoms with Crippen molar-refractivity contribution in [3.63, 3.8) is 0 Å². The first-order valence-electron chi connectivity index (χ1n) is 10.3. The van der Waals surface area contributed by atoms with E-state index in [1.54, 1.807) is 12.1 Å². The number of aromatic amines is 2. The van der Waals surface area contributed by atoms with Crippen molar-refractivity contribution in [3.05, 3.63) is 90.4 Å². The molecule has 2 aromatic heterocycles. The van der Waals surface area contributed by atoms with Crippen molar-refractivity contribution < 1.29 is 4.79 Å². The summed E-state index contributed by atoms with van der Waals surface area (Å²) in [5.74, 6) is 0.751. The fraction of sp³-hybridized carbons (Fsp3) is 0. The van der Waals surface area contributed by atoms with Gasteiger partial charge in [0.2, 0.25) is 5.82 Å². The van der Waals surface area contributed by atoms with Gasteiger partial charge >= 0.3 is 0 Å². The molecular formula is C24H17N9O. The van der Waals surface area contributed by atoms with Crippen LogP contribution in [0.3, 0.4) is 0 Å². The first-order valence-corrected chi connectivity index (χ1v) is 10.3. The predicted octanol–water partition coefficient (Wildman–Crippen LogP) is 3.97. The molecule has 0 unspecified atom stereocenters. The number of benzene rings is 3. The topological polar surface area (TPSA) is 148 Å². The lowest BCUT2D eigenvalue weighted by atomic mass is 10.1. The summed E-state index contributed by atoms with van der Waals surface area (Å²) in [6.07, 6.45) is 1.52. The van der Waals surface area contributed by atoms with Crippen LogP contribution in [0.25, 0.3) is 28.0 Å². The fourth-order valence-electron chi connectivity index (χ4n) is 3.32. The Hall–Kier alpha value is -5.30. The number of nitrogens with zero attached hydrogens (tertiary/aromatic N) is 5. The van der Waals surface area contributed by atoms with Crippen LogP contribution in [0.4, 0.5) is 11.4 Å². The summed E-state index contributed by atoms with van der Waals surface area (Å²) in [5.41, 5.74) is 4.81. The maximum atomic E-state index is 12.3. The second-order valence-electron chi connectivity index (χ2n) is 7.26. The van der Waals surface area contributed by atoms with E-state index in [2.05, 4.69) is 41.2 Å². The molecule has 5 rings (SSSR count). The Bertz CT molecular complexity index is 1510. The zero-order chi connectivity index (χ0) is 23.3. The summed E-state index contributed by atoms with van der Waals surface area (Å²) in [6, 6.07) is 24.2. The molecule has 0 aliphatic carbocycles. The number of nitriles is 1. The molecule has 0 saturated heterocycles. The zero-order valence-electron chi connectivity index (χ0n) is 17.6. The van der Waals surface area contributed by atoms with Crippen LogP contribution < -0.4 is 10.6 Å². The number of amides is 1. The number of rotatable bonds is 6. The van der Waals surface area contributed by atoms with Crippen molar-refractivity contribution >= 4 is 33.9 Å². The van der Waals surface area contributed by atoms with E-state index >= 15 is 0 Å². The van der Waals surface area contributed by atoms with Gasteiger partial charge in [-0.1, -0.05) is 18.2 Å². The lowest BCUT2D eigenvalue weighted by Gasteiger charge is -2.06. The molecule has 1 amide bonds. The standard InChI is InChI=1S/C24H17N9O/c25-13-17(23-30-32-33-31-23)14-26-19-10-11-20-21(12-19)29-22(28-20)15-6-8-18(9-7-15)27-24(34)16-4-2-1-3-5-16/h1-12,14,26H,(H,27,34)(H,28,29)(H,30,31,32,33). The Morgan fingerprint density at radius 3 is 2.53 bits per heavy atom. The van der Waals surface area contributed by atoms with E-state index in [4.69, 9.17) is 0 Å². The molecule has 34 heavy (non-hydrogen) atoms. The molecular weight excluding hydrogens is 430 g/mol. The average molecular weight is 447 g/mol. The van der Waals surface area contributed by atoms with E-state index in [-0.39, 0.29) is 17.3 Å². The number of allylic oxidation sites excluding steroid dienone is 1. The van der Waals surface area contributed by atoms with Crippen LogP contribution in [0.1, 0.15) is 16.2 Å². The number of nitrogens with one attached hydrogen (secondary N) is 4. The molecule has 0 bridgehead atoms. The van der Waals surface area contributed by atoms with Crippen LogP contribution in [0, 0.1) is 11.3 Å². The third-order valence-corrected chi connectivity index (χ3v) is 5.02. The molecule has 5 aromatic rings. The van der Waals surface area contributed by atoms with E-state index in [9.17, 15) is 10.1 Å². The molecule has 0 spiro atoms. The largest absolute Gasteiger partial charge is 0.360 e. The van der Waals surface area contributed by atoms with Gasteiger partial charge in [-0.2, -0.15) is 10.5 Å². The lowest BCUT2D eigenvalue weighted by molar-refractivity contribution is 0.102. The first kappa shape index (κ1) is 20.6. The zero-order valence-corrected chi connectivity index (χ0v) is 17.6. The molecule has 0 atom stereocenters. The Morgan fingerprint density at radius 1 is 1.00 bits per heavy atom. The summed E-state index contributed by atoms with van der Waals surface area (Å²) in [6.45, 7) is 0. The van der Waals surface area contributed by atoms with Gasteiger partial charge < -0.3 is 15.6 Å². The van der Waals surface area contributed by atoms with Crippen molar-refractivity contribution in [2.24, 2.45) is 0 Å². The molecule has 0 saturated carbocycles. The van der Waals surface area contributed by atoms with Gasteiger partial charge in [0.1, 0.15) is 17.5 Å². The Balaban J connectivity index is 1.31. The van der Waals surface area contributed by atoms with Crippen LogP contribution >= 0.6 is 0 Å². The third-order valence-electron chi connectivity index (χ3n) is 5.02. The number of tetrazole rings is 1. The Morgan fingerprint density at radius 2 is 1.79 bits per heavy atom. The van der Waals surface area contributed by atoms with Crippen LogP contribution in [-0.4, -0.2) is 36.5 Å². The molecule has 3 aromatic carbocycles. The molecule has 0 fully saturated rings. The SMILES string of the molecule is N#CC(=CNc1ccc2nc(-c3ccc(NC(=O)c4ccccc4)cc3)[nH]c2c1)c1nn[nH]n1. The maximum absolute atomic E-state index is 12.3. The summed E-state index contributed by atoms with van der Waals surface area (Å²) in [4.78, 5) is 20.3. The number of hydrogen-bond donors (Lipinski definition) is 4. The van der Waals surface area contributed by atoms with Gasteiger partial charge in [-0.3, -0.25) is 4.79 Å². The Kier molecular flexibility index (Phi) is 5.48. The lowest BCUT2D eigenvalue weighted by Crippen LogP contribution is -2.11. The van der Waals surface area contributed by atoms with Gasteiger partial charge in [0.15, 0.2) is 0 Å². The number of imidazole rings is 1. The van der Waals surface area contributed by atoms with Crippen molar-refractivity contribution in [2.75, 3.05) is 10.6 Å². The van der Waals surface area contributed by atoms with Crippen molar-refractivity contribution in [2.45, 2.75) is 0 Å². The number of hydrogen-bond acceptors (Lipinski definition) is 7. The van der Waals surface area contributed by atoms with E-state index in [0.717, 1.165) is 22.3 Å². The first-order chi connectivity index (χ1) is 16.7. The minimum Gasteiger partial charge on any atom is -0.360 e. The summed E-state index contributed by atoms with van der Waals surface area (Å²) >= 11 is 0. The molecule has 0 aliphatic heterocycles. The number of carbonyl (C=O) groups excluding carboxylic acids is 1. The van der Waals surface area contributed by atoms with Gasteiger partial charge in [0.25, 0.3) is 5.91 Å². The van der Waals surface area contributed by atoms with Crippen LogP contribution in [0.5, 0.6) is 0 Å². The van der Waals surface area contributed by atoms with Gasteiger partial charge in [-0.25, -0.2) is 4.98 Å². The van der Waals surface area contributed by atoms with E-state index in [1.165, 1.54) is 6.20 Å². The van der Waals surface area contributed by atoms with Gasteiger partial charge in [-0.15, -0.1) is 10.2 Å². The predicted molar refractivity (Wildman–Crippen MR) is 127 cm³/mol. The maximum Gasteiger partial charge on any atom is 0.255 e. The van der Waals surface area contributed by atoms with Gasteiger partial charge in [0.05, 0.1) is 11.0 Å². The number of anilines is 2. The van der Waals surface area contributed by atoms with Crippen LogP contribution in [-0.2, 0) is 0 Å².